The third-order valence-corrected chi connectivity index (χ3v) is 35.7. The van der Waals surface area contributed by atoms with E-state index < -0.39 is 5.09 Å². The van der Waals surface area contributed by atoms with Crippen LogP contribution in [-0.2, 0) is 14.4 Å². The molecule has 75 heavy (non-hydrogen) atoms. The maximum Gasteiger partial charge on any atom is 0.306 e. The molecule has 32 rings (SSSR count). The lowest BCUT2D eigenvalue weighted by Crippen LogP contribution is -2.64. The van der Waals surface area contributed by atoms with E-state index >= 15 is 4.79 Å². The van der Waals surface area contributed by atoms with Crippen LogP contribution in [0.15, 0.2) is 83.6 Å². The summed E-state index contributed by atoms with van der Waals surface area (Å²) in [6.07, 6.45) is 0.638. The van der Waals surface area contributed by atoms with Crippen molar-refractivity contribution in [3.63, 3.8) is 0 Å². The standard InChI is InChI=1S/C67H43NO5S2/c1-66-60-52-43-36-23-16-10-11-13-9-8-12(10)21(23)27-25-14(8)18-15(9)26-28-22(13)24-17(11)20-19(16)30-38-31(20)40-37(24)44-42(28)46-33(26)35-29(18)34-32(25)45(41(27)43)56(60)58-47(34)48(35)59-57(46)61-53(44)50(40)55-51(38)54(49(52)39(30)36)62(66)64(55)67(61,65(59)63(58)66)6-7(69)72-2-4-74-75-5-3-73-68(70)71/h9-10,12-13,20-21,24-27,29,31-35,41,45-48,53,57-59,61-65H,2-6H2,1H3. The van der Waals surface area contributed by atoms with E-state index in [0.717, 1.165) is 88.8 Å². The lowest BCUT2D eigenvalue weighted by molar-refractivity contribution is -0.756. The fourth-order valence-corrected chi connectivity index (χ4v) is 37.4. The Morgan fingerprint density at radius 2 is 1.32 bits per heavy atom. The lowest BCUT2D eigenvalue weighted by atomic mass is 9.35. The summed E-state index contributed by atoms with van der Waals surface area (Å²) in [6, 6.07) is 0. The van der Waals surface area contributed by atoms with Crippen molar-refractivity contribution in [1.29, 1.82) is 0 Å². The monoisotopic (exact) mass is 1010 g/mol. The van der Waals surface area contributed by atoms with Gasteiger partial charge in [0.1, 0.15) is 13.2 Å². The highest BCUT2D eigenvalue weighted by molar-refractivity contribution is 8.76. The maximum absolute atomic E-state index is 15.9. The van der Waals surface area contributed by atoms with Crippen LogP contribution in [-0.4, -0.2) is 35.8 Å². The zero-order valence-corrected chi connectivity index (χ0v) is 42.3. The van der Waals surface area contributed by atoms with E-state index in [1.54, 1.807) is 21.6 Å². The van der Waals surface area contributed by atoms with Gasteiger partial charge in [0, 0.05) is 70.2 Å². The first-order chi connectivity index (χ1) is 37.0. The lowest BCUT2D eigenvalue weighted by Gasteiger charge is -2.68. The van der Waals surface area contributed by atoms with E-state index in [0.29, 0.717) is 113 Å². The summed E-state index contributed by atoms with van der Waals surface area (Å²) < 4.78 is 6.77. The number of ether oxygens (including phenoxy) is 1. The Labute approximate surface area is 436 Å². The zero-order chi connectivity index (χ0) is 46.0. The van der Waals surface area contributed by atoms with Gasteiger partial charge in [-0.25, -0.2) is 0 Å². The van der Waals surface area contributed by atoms with Crippen LogP contribution in [0.5, 0.6) is 0 Å². The minimum Gasteiger partial charge on any atom is -0.465 e. The van der Waals surface area contributed by atoms with E-state index in [2.05, 4.69) is 61.9 Å². The van der Waals surface area contributed by atoms with Crippen LogP contribution in [0.2, 0.25) is 0 Å². The SMILES string of the molecule is CC12C3=C4C5C6C7=C3c3c8c9c%10c%11c%12c%13c(c7c3%11)C3C7C%11=C%14C%15=C%16C%11C%11C%17=C%18C%19=C%20C%21=C(C%22=C9C(C81)C1(CC(=O)OCCSSCCO[N+](=O)[O-])C(C%20%22)C8C%19C(C%18%16)C9C%15C(C5C%14C63)C3C4C2C1C8C93)C%10C%12C(=C%11C%137)C%21%17. The van der Waals surface area contributed by atoms with Gasteiger partial charge in [-0.05, 0) is 263 Å². The normalized spacial score (nSPS) is 61.3. The number of esters is 1. The van der Waals surface area contributed by atoms with Crippen LogP contribution >= 0.6 is 21.6 Å². The minimum atomic E-state index is -0.692. The van der Waals surface area contributed by atoms with Gasteiger partial charge in [0.15, 0.2) is 0 Å². The molecule has 8 heteroatoms. The number of carbonyl (C=O) groups is 1. The Bertz CT molecular complexity index is 4510. The average Bonchev–Trinajstić information content (AvgIpc) is 2.45. The molecule has 32 atom stereocenters. The first kappa shape index (κ1) is 33.9. The van der Waals surface area contributed by atoms with Crippen molar-refractivity contribution >= 4 is 55.0 Å². The molecule has 0 aromatic heterocycles. The highest BCUT2D eigenvalue weighted by atomic mass is 33.1. The van der Waals surface area contributed by atoms with E-state index in [1.165, 1.54) is 0 Å². The van der Waals surface area contributed by atoms with Crippen LogP contribution in [0.1, 0.15) is 87.4 Å². The summed E-state index contributed by atoms with van der Waals surface area (Å²) in [6.45, 7) is 3.53. The van der Waals surface area contributed by atoms with Crippen molar-refractivity contribution in [1.82, 2.24) is 0 Å². The van der Waals surface area contributed by atoms with Crippen molar-refractivity contribution in [3.05, 3.63) is 138 Å². The van der Waals surface area contributed by atoms with Crippen LogP contribution in [0, 0.1) is 169 Å². The molecule has 0 radical (unpaired) electrons. The Hall–Kier alpha value is -4.27. The predicted molar refractivity (Wildman–Crippen MR) is 272 cm³/mol. The van der Waals surface area contributed by atoms with Crippen LogP contribution in [0.4, 0.5) is 0 Å². The van der Waals surface area contributed by atoms with Gasteiger partial charge in [-0.1, -0.05) is 50.8 Å². The first-order valence-corrected chi connectivity index (χ1v) is 33.1. The van der Waals surface area contributed by atoms with E-state index in [1.807, 2.05) is 105 Å². The molecule has 0 heterocycles. The highest BCUT2D eigenvalue weighted by Gasteiger charge is 2.95. The van der Waals surface area contributed by atoms with Gasteiger partial charge in [-0.2, -0.15) is 0 Å². The van der Waals surface area contributed by atoms with E-state index in [4.69, 9.17) is 4.74 Å². The molecule has 0 amide bonds. The molecule has 0 bridgehead atoms. The molecule has 0 N–H and O–H groups in total. The molecular weight excluding hydrogens is 963 g/mol. The molecule has 0 saturated heterocycles. The van der Waals surface area contributed by atoms with Gasteiger partial charge < -0.3 is 9.57 Å². The molecular formula is C67H43NO5S2. The van der Waals surface area contributed by atoms with Crippen molar-refractivity contribution in [2.45, 2.75) is 42.9 Å². The number of allylic oxidation sites excluding steroid dienone is 18. The van der Waals surface area contributed by atoms with Crippen molar-refractivity contribution in [3.8, 4) is 0 Å². The molecule has 2 aromatic rings. The fraction of sp³-hybridized carbons (Fsp3) is 0.567. The molecule has 358 valence electrons. The second-order valence-electron chi connectivity index (χ2n) is 31.8. The van der Waals surface area contributed by atoms with Crippen LogP contribution < -0.4 is 0 Å². The predicted octanol–water partition coefficient (Wildman–Crippen LogP) is 10.6. The summed E-state index contributed by atoms with van der Waals surface area (Å²) in [5.41, 5.74) is 52.3. The third-order valence-electron chi connectivity index (χ3n) is 33.4. The molecule has 10 saturated carbocycles. The largest absolute Gasteiger partial charge is 0.465 e. The smallest absolute Gasteiger partial charge is 0.306 e. The highest BCUT2D eigenvalue weighted by Crippen LogP contribution is 3.02. The van der Waals surface area contributed by atoms with Crippen LogP contribution in [0.3, 0.4) is 0 Å². The Kier molecular flexibility index (Phi) is 3.85. The minimum absolute atomic E-state index is 0.0898. The van der Waals surface area contributed by atoms with Gasteiger partial charge in [0.2, 0.25) is 0 Å². The zero-order valence-electron chi connectivity index (χ0n) is 40.7. The summed E-state index contributed by atoms with van der Waals surface area (Å²) in [5.74, 6) is 22.2. The molecule has 0 aliphatic heterocycles. The van der Waals surface area contributed by atoms with Crippen molar-refractivity contribution in [2.75, 3.05) is 24.7 Å². The number of hydrogen-bond acceptors (Lipinski definition) is 7. The van der Waals surface area contributed by atoms with Gasteiger partial charge in [-0.3, -0.25) is 4.79 Å². The summed E-state index contributed by atoms with van der Waals surface area (Å²) in [7, 11) is 3.28. The average molecular weight is 1010 g/mol. The van der Waals surface area contributed by atoms with Crippen molar-refractivity contribution in [2.24, 2.45) is 159 Å². The Balaban J connectivity index is 0.811. The number of nitrogens with zero attached hydrogens (tertiary/aromatic N) is 1. The molecule has 2 aromatic carbocycles. The number of hydrogen-bond donors (Lipinski definition) is 0. The van der Waals surface area contributed by atoms with Gasteiger partial charge in [0.05, 0.1) is 6.42 Å². The summed E-state index contributed by atoms with van der Waals surface area (Å²) in [5, 5.41) is 13.9. The first-order valence-electron chi connectivity index (χ1n) is 30.6. The second-order valence-corrected chi connectivity index (χ2v) is 34.5. The van der Waals surface area contributed by atoms with Crippen molar-refractivity contribution < 1.29 is 19.5 Å². The third kappa shape index (κ3) is 2.17. The molecule has 30 aliphatic rings. The number of carbonyl (C=O) groups excluding carboxylic acids is 1. The molecule has 6 nitrogen and oxygen atoms in total. The summed E-state index contributed by atoms with van der Waals surface area (Å²) in [4.78, 5) is 31.4. The van der Waals surface area contributed by atoms with Gasteiger partial charge in [-0.15, -0.1) is 10.1 Å². The number of rotatable bonds is 10. The topological polar surface area (TPSA) is 78.7 Å². The fourth-order valence-electron chi connectivity index (χ4n) is 35.7. The van der Waals surface area contributed by atoms with Gasteiger partial charge >= 0.3 is 5.97 Å². The Morgan fingerprint density at radius 1 is 0.507 bits per heavy atom. The Morgan fingerprint density at radius 3 is 2.24 bits per heavy atom. The number of benzene rings is 2. The maximum atomic E-state index is 15.9. The summed E-state index contributed by atoms with van der Waals surface area (Å²) >= 11 is 0. The second kappa shape index (κ2) is 8.51. The molecule has 10 fully saturated rings. The van der Waals surface area contributed by atoms with Crippen LogP contribution in [0.25, 0.3) is 27.5 Å². The van der Waals surface area contributed by atoms with Gasteiger partial charge in [0.25, 0.3) is 5.09 Å². The molecule has 0 spiro atoms. The quantitative estimate of drug-likeness (QED) is 0.0586. The molecule has 30 aliphatic carbocycles. The molecule has 32 unspecified atom stereocenters. The van der Waals surface area contributed by atoms with E-state index in [9.17, 15) is 10.1 Å². The van der Waals surface area contributed by atoms with E-state index in [-0.39, 0.29) is 23.4 Å².